The number of benzene rings is 1. The minimum atomic E-state index is -0.387. The molecule has 0 bridgehead atoms. The van der Waals surface area contributed by atoms with Gasteiger partial charge in [0.2, 0.25) is 0 Å². The Kier molecular flexibility index (Phi) is 8.19. The van der Waals surface area contributed by atoms with Crippen LogP contribution in [0.25, 0.3) is 55.8 Å². The number of H-pyrrole nitrogens is 2. The largest absolute Gasteiger partial charge is 0.492 e. The highest BCUT2D eigenvalue weighted by Gasteiger charge is 2.18. The van der Waals surface area contributed by atoms with Gasteiger partial charge in [0.1, 0.15) is 23.9 Å². The molecular formula is C34H36FN9O. The number of fused-ring (bicyclic) bond motifs is 2. The Hall–Kier alpha value is -4.74. The first-order valence-corrected chi connectivity index (χ1v) is 15.4. The zero-order valence-electron chi connectivity index (χ0n) is 25.5. The lowest BCUT2D eigenvalue weighted by atomic mass is 10.1. The molecule has 0 saturated heterocycles. The first kappa shape index (κ1) is 29.0. The standard InChI is InChI=1S/C34H36FN9O/c1-44(2)7-8-45-26-11-23(10-25(35)12-26)28-18-38-19-31-32(28)41-34(40-31)33-27-13-29(39-20-30(27)42-43-33)24-9-22(16-37-17-24)15-36-14-21-5-3-4-6-21/h9-13,16-21,36H,3-8,14-15H2,1-2H3,(H,40,41)(H,42,43). The highest BCUT2D eigenvalue weighted by molar-refractivity contribution is 5.97. The van der Waals surface area contributed by atoms with Crippen molar-refractivity contribution in [3.05, 3.63) is 72.7 Å². The number of aromatic nitrogens is 7. The Morgan fingerprint density at radius 2 is 1.82 bits per heavy atom. The van der Waals surface area contributed by atoms with E-state index in [1.807, 2.05) is 43.5 Å². The molecule has 11 heteroatoms. The van der Waals surface area contributed by atoms with Gasteiger partial charge in [-0.3, -0.25) is 20.1 Å². The van der Waals surface area contributed by atoms with Crippen molar-refractivity contribution in [3.63, 3.8) is 0 Å². The van der Waals surface area contributed by atoms with Crippen molar-refractivity contribution < 1.29 is 9.13 Å². The molecule has 5 heterocycles. The van der Waals surface area contributed by atoms with Crippen molar-refractivity contribution in [3.8, 4) is 39.7 Å². The highest BCUT2D eigenvalue weighted by atomic mass is 19.1. The minimum absolute atomic E-state index is 0.387. The van der Waals surface area contributed by atoms with Gasteiger partial charge in [0.05, 0.1) is 34.6 Å². The van der Waals surface area contributed by atoms with E-state index in [1.165, 1.54) is 37.8 Å². The molecule has 0 radical (unpaired) electrons. The number of imidazole rings is 1. The van der Waals surface area contributed by atoms with Gasteiger partial charge in [0.25, 0.3) is 0 Å². The number of nitrogens with one attached hydrogen (secondary N) is 3. The lowest BCUT2D eigenvalue weighted by Crippen LogP contribution is -2.20. The molecule has 0 unspecified atom stereocenters. The second-order valence-electron chi connectivity index (χ2n) is 12.0. The molecule has 1 saturated carbocycles. The summed E-state index contributed by atoms with van der Waals surface area (Å²) < 4.78 is 20.5. The normalized spacial score (nSPS) is 13.9. The van der Waals surface area contributed by atoms with Crippen LogP contribution in [0, 0.1) is 11.7 Å². The van der Waals surface area contributed by atoms with Crippen LogP contribution in [-0.4, -0.2) is 73.8 Å². The van der Waals surface area contributed by atoms with E-state index in [9.17, 15) is 4.39 Å². The van der Waals surface area contributed by atoms with E-state index >= 15 is 0 Å². The number of aromatic amines is 2. The monoisotopic (exact) mass is 605 g/mol. The van der Waals surface area contributed by atoms with E-state index < -0.39 is 0 Å². The molecule has 5 aromatic heterocycles. The molecule has 0 atom stereocenters. The van der Waals surface area contributed by atoms with Crippen LogP contribution in [-0.2, 0) is 6.54 Å². The van der Waals surface area contributed by atoms with Crippen molar-refractivity contribution in [2.24, 2.45) is 5.92 Å². The van der Waals surface area contributed by atoms with Gasteiger partial charge in [0.15, 0.2) is 5.82 Å². The molecule has 1 aliphatic rings. The summed E-state index contributed by atoms with van der Waals surface area (Å²) in [7, 11) is 3.93. The summed E-state index contributed by atoms with van der Waals surface area (Å²) in [5, 5.41) is 12.1. The summed E-state index contributed by atoms with van der Waals surface area (Å²) in [5.41, 5.74) is 7.02. The van der Waals surface area contributed by atoms with Gasteiger partial charge in [-0.2, -0.15) is 5.10 Å². The zero-order valence-corrected chi connectivity index (χ0v) is 25.5. The topological polar surface area (TPSA) is 121 Å². The van der Waals surface area contributed by atoms with Crippen molar-refractivity contribution in [1.82, 2.24) is 45.3 Å². The third-order valence-corrected chi connectivity index (χ3v) is 8.38. The fraction of sp³-hybridized carbons (Fsp3) is 0.324. The van der Waals surface area contributed by atoms with Gasteiger partial charge in [-0.05, 0) is 74.8 Å². The summed E-state index contributed by atoms with van der Waals surface area (Å²) in [6.07, 6.45) is 14.3. The lowest BCUT2D eigenvalue weighted by molar-refractivity contribution is 0.260. The summed E-state index contributed by atoms with van der Waals surface area (Å²) in [4.78, 5) is 23.9. The maximum absolute atomic E-state index is 14.7. The number of rotatable bonds is 11. The second kappa shape index (κ2) is 12.7. The Labute approximate surface area is 260 Å². The quantitative estimate of drug-likeness (QED) is 0.165. The molecule has 0 spiro atoms. The van der Waals surface area contributed by atoms with Crippen LogP contribution in [0.3, 0.4) is 0 Å². The van der Waals surface area contributed by atoms with E-state index in [1.54, 1.807) is 18.6 Å². The Bertz CT molecular complexity index is 1940. The second-order valence-corrected chi connectivity index (χ2v) is 12.0. The average Bonchev–Trinajstić information content (AvgIpc) is 3.80. The number of ether oxygens (including phenoxy) is 1. The van der Waals surface area contributed by atoms with E-state index in [4.69, 9.17) is 14.7 Å². The maximum Gasteiger partial charge on any atom is 0.159 e. The van der Waals surface area contributed by atoms with Crippen LogP contribution in [0.4, 0.5) is 4.39 Å². The van der Waals surface area contributed by atoms with Gasteiger partial charge >= 0.3 is 0 Å². The predicted octanol–water partition coefficient (Wildman–Crippen LogP) is 5.98. The molecule has 7 rings (SSSR count). The number of halogens is 1. The van der Waals surface area contributed by atoms with Crippen LogP contribution in [0.2, 0.25) is 0 Å². The first-order chi connectivity index (χ1) is 22.0. The Morgan fingerprint density at radius 1 is 0.956 bits per heavy atom. The average molecular weight is 606 g/mol. The number of nitrogens with zero attached hydrogens (tertiary/aromatic N) is 6. The number of hydrogen-bond acceptors (Lipinski definition) is 8. The van der Waals surface area contributed by atoms with Crippen molar-refractivity contribution >= 4 is 21.9 Å². The first-order valence-electron chi connectivity index (χ1n) is 15.4. The van der Waals surface area contributed by atoms with E-state index in [-0.39, 0.29) is 5.82 Å². The molecule has 1 aliphatic carbocycles. The maximum atomic E-state index is 14.7. The van der Waals surface area contributed by atoms with Gasteiger partial charge in [-0.15, -0.1) is 0 Å². The fourth-order valence-corrected chi connectivity index (χ4v) is 6.02. The Morgan fingerprint density at radius 3 is 2.69 bits per heavy atom. The minimum Gasteiger partial charge on any atom is -0.492 e. The molecule has 230 valence electrons. The predicted molar refractivity (Wildman–Crippen MR) is 173 cm³/mol. The molecule has 1 aromatic carbocycles. The Balaban J connectivity index is 1.17. The van der Waals surface area contributed by atoms with Crippen LogP contribution in [0.1, 0.15) is 31.2 Å². The summed E-state index contributed by atoms with van der Waals surface area (Å²) >= 11 is 0. The molecule has 1 fully saturated rings. The molecule has 10 nitrogen and oxygen atoms in total. The van der Waals surface area contributed by atoms with Crippen molar-refractivity contribution in [2.45, 2.75) is 32.2 Å². The number of pyridine rings is 3. The lowest BCUT2D eigenvalue weighted by Gasteiger charge is -2.12. The summed E-state index contributed by atoms with van der Waals surface area (Å²) in [6, 6.07) is 8.83. The van der Waals surface area contributed by atoms with Gasteiger partial charge in [-0.1, -0.05) is 12.8 Å². The molecule has 0 aliphatic heterocycles. The van der Waals surface area contributed by atoms with E-state index in [0.717, 1.165) is 53.3 Å². The van der Waals surface area contributed by atoms with Gasteiger partial charge in [-0.25, -0.2) is 9.37 Å². The van der Waals surface area contributed by atoms with Gasteiger partial charge < -0.3 is 19.9 Å². The molecular weight excluding hydrogens is 569 g/mol. The van der Waals surface area contributed by atoms with E-state index in [2.05, 4.69) is 36.5 Å². The fourth-order valence-electron chi connectivity index (χ4n) is 6.02. The number of likely N-dealkylation sites (N-methyl/N-ethyl adjacent to an activating group) is 1. The molecule has 6 aromatic rings. The molecule has 45 heavy (non-hydrogen) atoms. The SMILES string of the molecule is CN(C)CCOc1cc(F)cc(-c2cncc3[nH]c(-c4n[nH]c5cnc(-c6cncc(CNCC7CCCC7)c6)cc45)nc23)c1. The van der Waals surface area contributed by atoms with Crippen LogP contribution in [0.15, 0.2) is 61.3 Å². The van der Waals surface area contributed by atoms with E-state index in [0.29, 0.717) is 46.0 Å². The van der Waals surface area contributed by atoms with Crippen LogP contribution >= 0.6 is 0 Å². The summed E-state index contributed by atoms with van der Waals surface area (Å²) in [6.45, 7) is 3.00. The highest BCUT2D eigenvalue weighted by Crippen LogP contribution is 2.34. The van der Waals surface area contributed by atoms with Crippen molar-refractivity contribution in [2.75, 3.05) is 33.8 Å². The third kappa shape index (κ3) is 6.40. The van der Waals surface area contributed by atoms with Crippen LogP contribution in [0.5, 0.6) is 5.75 Å². The smallest absolute Gasteiger partial charge is 0.159 e. The third-order valence-electron chi connectivity index (χ3n) is 8.38. The van der Waals surface area contributed by atoms with Gasteiger partial charge in [0, 0.05) is 54.3 Å². The van der Waals surface area contributed by atoms with Crippen LogP contribution < -0.4 is 10.1 Å². The molecule has 3 N–H and O–H groups in total. The zero-order chi connectivity index (χ0) is 30.8. The number of hydrogen-bond donors (Lipinski definition) is 3. The molecule has 0 amide bonds. The summed E-state index contributed by atoms with van der Waals surface area (Å²) in [5.74, 6) is 1.43. The van der Waals surface area contributed by atoms with Crippen molar-refractivity contribution in [1.29, 1.82) is 0 Å².